The van der Waals surface area contributed by atoms with Crippen LogP contribution in [0.15, 0.2) is 0 Å². The molecule has 26 valence electrons. The molecule has 0 aromatic rings. The van der Waals surface area contributed by atoms with Gasteiger partial charge in [0.25, 0.3) is 0 Å². The second-order valence-electron chi connectivity index (χ2n) is 0.256. The molecule has 3 nitrogen and oxygen atoms in total. The molecule has 4 heavy (non-hydrogen) atoms. The third-order valence-corrected chi connectivity index (χ3v) is 0.194. The molecule has 0 aromatic heterocycles. The molecule has 0 heterocycles. The Bertz CT molecular complexity index is 5.25. The first-order valence-electron chi connectivity index (χ1n) is 0.762. The van der Waals surface area contributed by atoms with E-state index in [-0.39, 0.29) is 0 Å². The zero-order valence-electron chi connectivity index (χ0n) is 2.02. The second kappa shape index (κ2) is 3.23. The zero-order valence-corrected chi connectivity index (χ0v) is 2.92. The fourth-order valence-electron chi connectivity index (χ4n) is 0. The van der Waals surface area contributed by atoms with Crippen LogP contribution in [0.2, 0.25) is 0 Å². The van der Waals surface area contributed by atoms with E-state index in [9.17, 15) is 0 Å². The topological polar surface area (TPSA) is 50.1 Å². The first kappa shape index (κ1) is 4.23. The minimum Gasteiger partial charge on any atom is -0.257 e. The number of rotatable bonds is 1. The van der Waals surface area contributed by atoms with Crippen molar-refractivity contribution in [3.63, 3.8) is 0 Å². The quantitative estimate of drug-likeness (QED) is 0.181. The maximum Gasteiger partial charge on any atom is -0.0828 e. The van der Waals surface area contributed by atoms with E-state index in [2.05, 4.69) is 23.5 Å². The molecule has 0 saturated carbocycles. The Kier molecular flexibility index (Phi) is 3.42. The van der Waals surface area contributed by atoms with Crippen molar-refractivity contribution in [3.8, 4) is 0 Å². The third-order valence-electron chi connectivity index (χ3n) is 0.0645. The van der Waals surface area contributed by atoms with Crippen molar-refractivity contribution in [2.75, 3.05) is 0 Å². The average Bonchev–Trinajstić information content (AvgIpc) is 1.37. The summed E-state index contributed by atoms with van der Waals surface area (Å²) in [6, 6.07) is 0. The molecular formula is H5N3S. The highest BCUT2D eigenvalue weighted by atomic mass is 32.1. The summed E-state index contributed by atoms with van der Waals surface area (Å²) in [4.78, 5) is 2.15. The van der Waals surface area contributed by atoms with Crippen LogP contribution in [-0.2, 0) is 0 Å². The summed E-state index contributed by atoms with van der Waals surface area (Å²) < 4.78 is 0. The van der Waals surface area contributed by atoms with E-state index < -0.39 is 0 Å². The van der Waals surface area contributed by atoms with Crippen LogP contribution in [0.5, 0.6) is 0 Å². The van der Waals surface area contributed by atoms with Crippen molar-refractivity contribution >= 4 is 12.8 Å². The highest BCUT2D eigenvalue weighted by Gasteiger charge is 1.44. The van der Waals surface area contributed by atoms with Crippen LogP contribution < -0.4 is 16.2 Å². The van der Waals surface area contributed by atoms with Crippen molar-refractivity contribution in [1.82, 2.24) is 10.4 Å². The van der Waals surface area contributed by atoms with Gasteiger partial charge in [0.2, 0.25) is 0 Å². The number of hydrogen-bond donors (Lipinski definition) is 4. The van der Waals surface area contributed by atoms with E-state index in [1.165, 1.54) is 0 Å². The number of nitrogens with two attached hydrogens (primary N) is 1. The molecule has 0 saturated heterocycles. The SMILES string of the molecule is NNNS. The molecule has 0 amide bonds. The number of nitrogens with one attached hydrogen (secondary N) is 2. The van der Waals surface area contributed by atoms with Crippen LogP contribution in [-0.4, -0.2) is 0 Å². The summed E-state index contributed by atoms with van der Waals surface area (Å²) in [7, 11) is 0. The highest BCUT2D eigenvalue weighted by molar-refractivity contribution is 7.78. The van der Waals surface area contributed by atoms with Gasteiger partial charge < -0.3 is 0 Å². The van der Waals surface area contributed by atoms with Gasteiger partial charge in [-0.05, 0) is 0 Å². The van der Waals surface area contributed by atoms with E-state index in [0.717, 1.165) is 0 Å². The van der Waals surface area contributed by atoms with Crippen molar-refractivity contribution in [3.05, 3.63) is 0 Å². The largest absolute Gasteiger partial charge is 0.257 e. The predicted molar refractivity (Wildman–Crippen MR) is 19.4 cm³/mol. The highest BCUT2D eigenvalue weighted by Crippen LogP contribution is 1.34. The summed E-state index contributed by atoms with van der Waals surface area (Å²) >= 11 is 3.43. The van der Waals surface area contributed by atoms with Gasteiger partial charge in [0.05, 0.1) is 0 Å². The molecule has 0 radical (unpaired) electrons. The maximum absolute atomic E-state index is 4.59. The van der Waals surface area contributed by atoms with Gasteiger partial charge in [-0.1, -0.05) is 12.8 Å². The predicted octanol–water partition coefficient (Wildman–Crippen LogP) is -1.20. The van der Waals surface area contributed by atoms with E-state index in [4.69, 9.17) is 0 Å². The molecule has 0 rings (SSSR count). The van der Waals surface area contributed by atoms with Crippen LogP contribution in [0, 0.1) is 0 Å². The fourth-order valence-corrected chi connectivity index (χ4v) is 0. The molecule has 0 aliphatic rings. The van der Waals surface area contributed by atoms with Crippen molar-refractivity contribution in [2.24, 2.45) is 5.84 Å². The molecule has 0 spiro atoms. The smallest absolute Gasteiger partial charge is 0.0828 e. The summed E-state index contributed by atoms with van der Waals surface area (Å²) in [6.07, 6.45) is 0. The number of hydrazine groups is 2. The van der Waals surface area contributed by atoms with Gasteiger partial charge in [-0.2, -0.15) is 10.4 Å². The Morgan fingerprint density at radius 1 is 1.75 bits per heavy atom. The lowest BCUT2D eigenvalue weighted by Crippen LogP contribution is -2.29. The summed E-state index contributed by atoms with van der Waals surface area (Å²) in [5.41, 5.74) is 2.04. The first-order chi connectivity index (χ1) is 1.91. The molecule has 0 fully saturated rings. The van der Waals surface area contributed by atoms with E-state index in [0.29, 0.717) is 0 Å². The van der Waals surface area contributed by atoms with Crippen LogP contribution in [0.3, 0.4) is 0 Å². The molecular weight excluding hydrogens is 74.1 g/mol. The Balaban J connectivity index is 1.97. The van der Waals surface area contributed by atoms with Crippen LogP contribution in [0.4, 0.5) is 0 Å². The summed E-state index contributed by atoms with van der Waals surface area (Å²) in [6.45, 7) is 0. The van der Waals surface area contributed by atoms with Gasteiger partial charge >= 0.3 is 0 Å². The number of hydrogen-bond acceptors (Lipinski definition) is 4. The Hall–Kier alpha value is 0.230. The molecule has 0 unspecified atom stereocenters. The van der Waals surface area contributed by atoms with E-state index >= 15 is 0 Å². The third kappa shape index (κ3) is 2.23. The summed E-state index contributed by atoms with van der Waals surface area (Å²) in [5.74, 6) is 4.59. The van der Waals surface area contributed by atoms with E-state index in [1.54, 1.807) is 0 Å². The van der Waals surface area contributed by atoms with Gasteiger partial charge in [-0.15, -0.1) is 0 Å². The van der Waals surface area contributed by atoms with E-state index in [1.807, 2.05) is 5.53 Å². The Morgan fingerprint density at radius 2 is 2.00 bits per heavy atom. The summed E-state index contributed by atoms with van der Waals surface area (Å²) in [5, 5.41) is 0. The van der Waals surface area contributed by atoms with Gasteiger partial charge in [0.15, 0.2) is 0 Å². The lowest BCUT2D eigenvalue weighted by molar-refractivity contribution is 0.740. The van der Waals surface area contributed by atoms with Crippen LogP contribution in [0.25, 0.3) is 0 Å². The van der Waals surface area contributed by atoms with Gasteiger partial charge in [-0.3, -0.25) is 5.84 Å². The molecule has 0 aliphatic heterocycles. The molecule has 4 N–H and O–H groups in total. The maximum atomic E-state index is 4.59. The van der Waals surface area contributed by atoms with Crippen molar-refractivity contribution in [2.45, 2.75) is 0 Å². The normalized spacial score (nSPS) is 7.50. The first-order valence-corrected chi connectivity index (χ1v) is 1.21. The molecule has 4 heteroatoms. The second-order valence-corrected chi connectivity index (χ2v) is 0.480. The van der Waals surface area contributed by atoms with Gasteiger partial charge in [0.1, 0.15) is 0 Å². The fraction of sp³-hybridized carbons (Fsp3) is 0. The molecule has 0 aliphatic carbocycles. The van der Waals surface area contributed by atoms with Crippen LogP contribution in [0.1, 0.15) is 0 Å². The lowest BCUT2D eigenvalue weighted by Gasteiger charge is -1.80. The Morgan fingerprint density at radius 3 is 2.00 bits per heavy atom. The van der Waals surface area contributed by atoms with Gasteiger partial charge in [0, 0.05) is 0 Å². The molecule has 0 bridgehead atoms. The van der Waals surface area contributed by atoms with Crippen LogP contribution >= 0.6 is 12.8 Å². The standard InChI is InChI=1S/H5N3S/c1-2-3-4/h2-4H,1H2. The lowest BCUT2D eigenvalue weighted by atomic mass is 12.6. The minimum absolute atomic E-state index is 2.04. The Labute approximate surface area is 30.0 Å². The molecule has 0 atom stereocenters. The molecule has 0 aromatic carbocycles. The average molecular weight is 79.1 g/mol. The zero-order chi connectivity index (χ0) is 3.41. The minimum atomic E-state index is 2.04. The van der Waals surface area contributed by atoms with Gasteiger partial charge in [-0.25, -0.2) is 0 Å². The van der Waals surface area contributed by atoms with Crippen molar-refractivity contribution in [1.29, 1.82) is 0 Å². The monoisotopic (exact) mass is 79.0 g/mol. The number of thiol groups is 1. The van der Waals surface area contributed by atoms with Crippen molar-refractivity contribution < 1.29 is 0 Å².